The number of Topliss-reactive ketones (excluding diaryl/α,β-unsaturated/α-hetero) is 1. The summed E-state index contributed by atoms with van der Waals surface area (Å²) >= 11 is 8.37. The Kier molecular flexibility index (Phi) is 6.32. The third kappa shape index (κ3) is 4.16. The van der Waals surface area contributed by atoms with E-state index >= 15 is 0 Å². The lowest BCUT2D eigenvalue weighted by Crippen LogP contribution is -2.63. The van der Waals surface area contributed by atoms with Crippen LogP contribution in [0.3, 0.4) is 0 Å². The molecule has 2 aromatic heterocycles. The van der Waals surface area contributed by atoms with Crippen LogP contribution in [-0.2, 0) is 14.4 Å². The van der Waals surface area contributed by atoms with Crippen LogP contribution in [0.4, 0.5) is 5.13 Å². The van der Waals surface area contributed by atoms with E-state index in [0.29, 0.717) is 18.4 Å². The Labute approximate surface area is 200 Å². The summed E-state index contributed by atoms with van der Waals surface area (Å²) in [5.41, 5.74) is 8.16. The van der Waals surface area contributed by atoms with Gasteiger partial charge >= 0.3 is 5.97 Å². The molecule has 2 aromatic rings. The van der Waals surface area contributed by atoms with Crippen LogP contribution in [0.2, 0.25) is 4.34 Å². The van der Waals surface area contributed by atoms with E-state index in [2.05, 4.69) is 15.1 Å². The first kappa shape index (κ1) is 23.1. The van der Waals surface area contributed by atoms with Crippen molar-refractivity contribution in [2.24, 2.45) is 11.1 Å². The molecule has 13 heteroatoms. The summed E-state index contributed by atoms with van der Waals surface area (Å²) in [5.74, 6) is -3.03. The number of thiazole rings is 2. The standard InChI is InChI=1S/C20H18ClN5O5S2/c1-8-13(32-7-23-8)5-3-9-2-4-11-10(18(28)26(11)16(9)19(29)30)6-12(27)14(25-31)15-17(21)33-20(22)24-15/h3,5,7,10-11,31H,2,4,6H2,1H3,(H2,22,24)(H,29,30)/b5-3-,25-14-. The van der Waals surface area contributed by atoms with Gasteiger partial charge in [-0.05, 0) is 31.4 Å². The molecular weight excluding hydrogens is 490 g/mol. The molecule has 1 amide bonds. The van der Waals surface area contributed by atoms with E-state index in [1.165, 1.54) is 16.2 Å². The number of fused-ring (bicyclic) bond motifs is 1. The van der Waals surface area contributed by atoms with Gasteiger partial charge in [0.25, 0.3) is 0 Å². The topological polar surface area (TPSA) is 159 Å². The van der Waals surface area contributed by atoms with Gasteiger partial charge in [-0.1, -0.05) is 34.2 Å². The van der Waals surface area contributed by atoms with Crippen molar-refractivity contribution in [1.29, 1.82) is 0 Å². The number of halogens is 1. The molecule has 1 saturated heterocycles. The maximum absolute atomic E-state index is 12.9. The predicted octanol–water partition coefficient (Wildman–Crippen LogP) is 2.95. The zero-order valence-corrected chi connectivity index (χ0v) is 19.6. The van der Waals surface area contributed by atoms with Crippen LogP contribution >= 0.6 is 34.3 Å². The van der Waals surface area contributed by atoms with E-state index in [0.717, 1.165) is 21.9 Å². The number of nitrogens with zero attached hydrogens (tertiary/aromatic N) is 4. The number of amides is 1. The molecule has 0 aliphatic carbocycles. The molecule has 2 aliphatic rings. The minimum absolute atomic E-state index is 0.0455. The lowest BCUT2D eigenvalue weighted by atomic mass is 9.76. The molecule has 0 saturated carbocycles. The number of nitrogens with two attached hydrogens (primary N) is 1. The van der Waals surface area contributed by atoms with Crippen molar-refractivity contribution in [2.75, 3.05) is 5.73 Å². The van der Waals surface area contributed by atoms with Gasteiger partial charge in [-0.25, -0.2) is 14.8 Å². The number of ketones is 1. The van der Waals surface area contributed by atoms with Crippen molar-refractivity contribution >= 4 is 68.9 Å². The first-order valence-corrected chi connectivity index (χ1v) is 11.9. The van der Waals surface area contributed by atoms with Gasteiger partial charge in [0.1, 0.15) is 15.7 Å². The van der Waals surface area contributed by atoms with Crippen LogP contribution in [0.15, 0.2) is 28.0 Å². The molecule has 0 bridgehead atoms. The second-order valence-corrected chi connectivity index (χ2v) is 10.0. The van der Waals surface area contributed by atoms with E-state index in [4.69, 9.17) is 17.3 Å². The minimum Gasteiger partial charge on any atom is -0.477 e. The van der Waals surface area contributed by atoms with E-state index < -0.39 is 29.6 Å². The number of hydrogen-bond acceptors (Lipinski definition) is 10. The second-order valence-electron chi connectivity index (χ2n) is 7.49. The number of carbonyl (C=O) groups is 3. The molecule has 33 heavy (non-hydrogen) atoms. The van der Waals surface area contributed by atoms with E-state index in [1.807, 2.05) is 6.92 Å². The van der Waals surface area contributed by atoms with Crippen molar-refractivity contribution in [1.82, 2.24) is 14.9 Å². The molecule has 0 radical (unpaired) electrons. The van der Waals surface area contributed by atoms with E-state index in [-0.39, 0.29) is 33.0 Å². The highest BCUT2D eigenvalue weighted by Crippen LogP contribution is 2.42. The van der Waals surface area contributed by atoms with Crippen molar-refractivity contribution in [3.63, 3.8) is 0 Å². The number of nitrogen functional groups attached to an aromatic ring is 1. The number of allylic oxidation sites excluding steroid dienone is 2. The number of aryl methyl sites for hydroxylation is 1. The Morgan fingerprint density at radius 1 is 1.42 bits per heavy atom. The number of β-lactam (4-membered cyclic amide) rings is 1. The van der Waals surface area contributed by atoms with Crippen LogP contribution in [0.5, 0.6) is 0 Å². The number of carboxylic acid groups (broad SMARTS) is 1. The zero-order chi connectivity index (χ0) is 23.9. The average molecular weight is 508 g/mol. The van der Waals surface area contributed by atoms with Gasteiger partial charge in [0, 0.05) is 17.3 Å². The van der Waals surface area contributed by atoms with Gasteiger partial charge < -0.3 is 20.9 Å². The third-order valence-electron chi connectivity index (χ3n) is 5.62. The lowest BCUT2D eigenvalue weighted by Gasteiger charge is -2.50. The normalized spacial score (nSPS) is 20.8. The van der Waals surface area contributed by atoms with Crippen LogP contribution in [0.1, 0.15) is 35.5 Å². The summed E-state index contributed by atoms with van der Waals surface area (Å²) in [4.78, 5) is 47.9. The quantitative estimate of drug-likeness (QED) is 0.223. The third-order valence-corrected chi connectivity index (χ3v) is 7.60. The summed E-state index contributed by atoms with van der Waals surface area (Å²) in [6, 6.07) is -0.439. The van der Waals surface area contributed by atoms with Gasteiger partial charge in [-0.15, -0.1) is 11.3 Å². The molecule has 4 rings (SSSR count). The summed E-state index contributed by atoms with van der Waals surface area (Å²) in [6.07, 6.45) is 4.18. The Balaban J connectivity index is 1.54. The van der Waals surface area contributed by atoms with Crippen LogP contribution in [0, 0.1) is 12.8 Å². The van der Waals surface area contributed by atoms with Crippen molar-refractivity contribution in [3.05, 3.63) is 43.5 Å². The SMILES string of the molecule is Cc1ncsc1/C=C\C1=C(C(=O)O)N2C(=O)C(CC(=O)/C(=N/O)c3nc(N)sc3Cl)C2CC1. The molecule has 10 nitrogen and oxygen atoms in total. The molecule has 2 aliphatic heterocycles. The first-order valence-electron chi connectivity index (χ1n) is 9.78. The maximum Gasteiger partial charge on any atom is 0.352 e. The first-order chi connectivity index (χ1) is 15.7. The summed E-state index contributed by atoms with van der Waals surface area (Å²) in [6.45, 7) is 1.86. The molecule has 4 N–H and O–H groups in total. The van der Waals surface area contributed by atoms with Gasteiger partial charge in [-0.3, -0.25) is 9.59 Å². The van der Waals surface area contributed by atoms with Crippen LogP contribution in [-0.4, -0.2) is 54.6 Å². The van der Waals surface area contributed by atoms with Crippen molar-refractivity contribution in [3.8, 4) is 0 Å². The van der Waals surface area contributed by atoms with E-state index in [1.54, 1.807) is 17.7 Å². The Bertz CT molecular complexity index is 1250. The molecule has 2 atom stereocenters. The van der Waals surface area contributed by atoms with Gasteiger partial charge in [-0.2, -0.15) is 0 Å². The van der Waals surface area contributed by atoms with Crippen LogP contribution < -0.4 is 5.73 Å². The lowest BCUT2D eigenvalue weighted by molar-refractivity contribution is -0.159. The monoisotopic (exact) mass is 507 g/mol. The molecular formula is C20H18ClN5O5S2. The highest BCUT2D eigenvalue weighted by molar-refractivity contribution is 7.19. The highest BCUT2D eigenvalue weighted by Gasteiger charge is 2.53. The van der Waals surface area contributed by atoms with Crippen molar-refractivity contribution in [2.45, 2.75) is 32.2 Å². The Hall–Kier alpha value is -3.09. The number of anilines is 1. The fraction of sp³-hybridized carbons (Fsp3) is 0.300. The molecule has 0 spiro atoms. The number of carboxylic acids is 1. The summed E-state index contributed by atoms with van der Waals surface area (Å²) in [7, 11) is 0. The summed E-state index contributed by atoms with van der Waals surface area (Å²) in [5, 5.41) is 22.2. The summed E-state index contributed by atoms with van der Waals surface area (Å²) < 4.78 is 0.0941. The molecule has 4 heterocycles. The van der Waals surface area contributed by atoms with Crippen molar-refractivity contribution < 1.29 is 24.7 Å². The van der Waals surface area contributed by atoms with E-state index in [9.17, 15) is 24.7 Å². The average Bonchev–Trinajstić information content (AvgIpc) is 3.33. The predicted molar refractivity (Wildman–Crippen MR) is 123 cm³/mol. The number of hydrogen-bond donors (Lipinski definition) is 3. The molecule has 1 fully saturated rings. The number of aliphatic carboxylic acids is 1. The Morgan fingerprint density at radius 3 is 2.76 bits per heavy atom. The second kappa shape index (κ2) is 9.04. The Morgan fingerprint density at radius 2 is 2.18 bits per heavy atom. The highest BCUT2D eigenvalue weighted by atomic mass is 35.5. The van der Waals surface area contributed by atoms with Gasteiger partial charge in [0.05, 0.1) is 17.1 Å². The minimum atomic E-state index is -1.21. The van der Waals surface area contributed by atoms with Gasteiger partial charge in [0.2, 0.25) is 5.91 Å². The molecule has 172 valence electrons. The zero-order valence-electron chi connectivity index (χ0n) is 17.2. The number of carbonyl (C=O) groups excluding carboxylic acids is 2. The number of aromatic nitrogens is 2. The number of oxime groups is 1. The fourth-order valence-corrected chi connectivity index (χ4v) is 5.68. The molecule has 2 unspecified atom stereocenters. The smallest absolute Gasteiger partial charge is 0.352 e. The fourth-order valence-electron chi connectivity index (χ4n) is 4.06. The van der Waals surface area contributed by atoms with Gasteiger partial charge in [0.15, 0.2) is 16.6 Å². The van der Waals surface area contributed by atoms with Crippen LogP contribution in [0.25, 0.3) is 6.08 Å². The molecule has 0 aromatic carbocycles. The number of rotatable bonds is 7. The largest absolute Gasteiger partial charge is 0.477 e. The maximum atomic E-state index is 12.9.